The monoisotopic (exact) mass is 286 g/mol. The molecule has 2 aromatic heterocycles. The van der Waals surface area contributed by atoms with Crippen LogP contribution in [0.15, 0.2) is 38.5 Å². The van der Waals surface area contributed by atoms with Gasteiger partial charge in [-0.25, -0.2) is 0 Å². The third-order valence-corrected chi connectivity index (χ3v) is 4.16. The minimum atomic E-state index is -3.63. The van der Waals surface area contributed by atoms with Gasteiger partial charge in [-0.3, -0.25) is 4.72 Å². The van der Waals surface area contributed by atoms with Gasteiger partial charge in [0.25, 0.3) is 10.0 Å². The van der Waals surface area contributed by atoms with Gasteiger partial charge in [0.1, 0.15) is 5.76 Å². The molecule has 7 heteroatoms. The maximum atomic E-state index is 12.0. The topological polar surface area (TPSA) is 71.3 Å². The quantitative estimate of drug-likeness (QED) is 0.854. The Bertz CT molecular complexity index is 588. The summed E-state index contributed by atoms with van der Waals surface area (Å²) in [6.07, 6.45) is 0. The van der Waals surface area contributed by atoms with Gasteiger partial charge in [0.05, 0.1) is 12.2 Å². The summed E-state index contributed by atoms with van der Waals surface area (Å²) in [5, 5.41) is 6.52. The molecule has 0 unspecified atom stereocenters. The van der Waals surface area contributed by atoms with Crippen LogP contribution in [-0.4, -0.2) is 15.0 Å². The highest BCUT2D eigenvalue weighted by Crippen LogP contribution is 2.20. The summed E-state index contributed by atoms with van der Waals surface area (Å²) >= 11 is 1.42. The van der Waals surface area contributed by atoms with Gasteiger partial charge in [-0.2, -0.15) is 19.8 Å². The van der Waals surface area contributed by atoms with Gasteiger partial charge in [-0.05, 0) is 30.1 Å². The highest BCUT2D eigenvalue weighted by molar-refractivity contribution is 7.92. The molecule has 0 aliphatic rings. The average molecular weight is 286 g/mol. The first-order valence-electron chi connectivity index (χ1n) is 5.46. The minimum absolute atomic E-state index is 0.0680. The van der Waals surface area contributed by atoms with Crippen molar-refractivity contribution >= 4 is 27.0 Å². The summed E-state index contributed by atoms with van der Waals surface area (Å²) in [5.74, 6) is 0.600. The predicted molar refractivity (Wildman–Crippen MR) is 71.2 cm³/mol. The second-order valence-electron chi connectivity index (χ2n) is 3.62. The number of thiophene rings is 1. The molecule has 0 saturated heterocycles. The van der Waals surface area contributed by atoms with Crippen LogP contribution in [0.4, 0.5) is 5.69 Å². The summed E-state index contributed by atoms with van der Waals surface area (Å²) < 4.78 is 31.7. The third-order valence-electron chi connectivity index (χ3n) is 2.22. The first kappa shape index (κ1) is 13.1. The van der Waals surface area contributed by atoms with Crippen LogP contribution in [0.25, 0.3) is 0 Å². The van der Waals surface area contributed by atoms with Crippen LogP contribution in [0.3, 0.4) is 0 Å². The maximum Gasteiger partial charge on any atom is 0.295 e. The normalized spacial score (nSPS) is 11.6. The number of furan rings is 1. The van der Waals surface area contributed by atoms with Crippen molar-refractivity contribution in [2.24, 2.45) is 0 Å². The van der Waals surface area contributed by atoms with Crippen LogP contribution in [0.1, 0.15) is 12.7 Å². The lowest BCUT2D eigenvalue weighted by Gasteiger charge is -2.02. The van der Waals surface area contributed by atoms with Crippen molar-refractivity contribution in [1.29, 1.82) is 0 Å². The molecular weight excluding hydrogens is 272 g/mol. The van der Waals surface area contributed by atoms with Crippen LogP contribution in [0.5, 0.6) is 0 Å². The molecule has 0 aliphatic heterocycles. The molecule has 0 amide bonds. The lowest BCUT2D eigenvalue weighted by Crippen LogP contribution is -2.12. The fraction of sp³-hybridized carbons (Fsp3) is 0.273. The lowest BCUT2D eigenvalue weighted by molar-refractivity contribution is 0.405. The molecule has 0 radical (unpaired) electrons. The zero-order chi connectivity index (χ0) is 13.0. The van der Waals surface area contributed by atoms with Gasteiger partial charge in [-0.1, -0.05) is 6.92 Å². The summed E-state index contributed by atoms with van der Waals surface area (Å²) in [4.78, 5) is 0. The standard InChI is InChI=1S/C11H14N2O3S2/c1-2-12-7-10-3-4-11(16-10)18(14,15)13-9-5-6-17-8-9/h3-6,8,12-13H,2,7H2,1H3. The SMILES string of the molecule is CCNCc1ccc(S(=O)(=O)Nc2ccsc2)o1. The Morgan fingerprint density at radius 1 is 1.33 bits per heavy atom. The number of sulfonamides is 1. The van der Waals surface area contributed by atoms with E-state index in [0.29, 0.717) is 18.0 Å². The fourth-order valence-electron chi connectivity index (χ4n) is 1.37. The Morgan fingerprint density at radius 2 is 2.17 bits per heavy atom. The lowest BCUT2D eigenvalue weighted by atomic mass is 10.4. The number of nitrogens with one attached hydrogen (secondary N) is 2. The Morgan fingerprint density at radius 3 is 2.83 bits per heavy atom. The summed E-state index contributed by atoms with van der Waals surface area (Å²) in [6, 6.07) is 4.82. The molecule has 18 heavy (non-hydrogen) atoms. The van der Waals surface area contributed by atoms with E-state index in [1.807, 2.05) is 6.92 Å². The smallest absolute Gasteiger partial charge is 0.295 e. The van der Waals surface area contributed by atoms with Crippen LogP contribution in [0, 0.1) is 0 Å². The third kappa shape index (κ3) is 3.12. The molecule has 0 aromatic carbocycles. The van der Waals surface area contributed by atoms with E-state index >= 15 is 0 Å². The molecule has 2 N–H and O–H groups in total. The number of rotatable bonds is 6. The molecule has 2 aromatic rings. The molecule has 0 aliphatic carbocycles. The Kier molecular flexibility index (Phi) is 4.05. The van der Waals surface area contributed by atoms with Crippen molar-refractivity contribution < 1.29 is 12.8 Å². The van der Waals surface area contributed by atoms with Crippen LogP contribution >= 0.6 is 11.3 Å². The molecule has 0 bridgehead atoms. The van der Waals surface area contributed by atoms with E-state index in [4.69, 9.17) is 4.42 Å². The first-order valence-corrected chi connectivity index (χ1v) is 7.89. The number of hydrogen-bond acceptors (Lipinski definition) is 5. The van der Waals surface area contributed by atoms with Gasteiger partial charge in [0.2, 0.25) is 5.09 Å². The molecule has 0 saturated carbocycles. The summed E-state index contributed by atoms with van der Waals surface area (Å²) in [6.45, 7) is 3.29. The van der Waals surface area contributed by atoms with Crippen LogP contribution < -0.4 is 10.0 Å². The highest BCUT2D eigenvalue weighted by atomic mass is 32.2. The van der Waals surface area contributed by atoms with E-state index < -0.39 is 10.0 Å². The van der Waals surface area contributed by atoms with Gasteiger partial charge in [-0.15, -0.1) is 0 Å². The zero-order valence-electron chi connectivity index (χ0n) is 9.84. The molecule has 0 spiro atoms. The molecular formula is C11H14N2O3S2. The minimum Gasteiger partial charge on any atom is -0.446 e. The summed E-state index contributed by atoms with van der Waals surface area (Å²) in [7, 11) is -3.63. The van der Waals surface area contributed by atoms with Gasteiger partial charge in [0, 0.05) is 5.38 Å². The molecule has 98 valence electrons. The molecule has 2 rings (SSSR count). The van der Waals surface area contributed by atoms with Crippen molar-refractivity contribution in [1.82, 2.24) is 5.32 Å². The van der Waals surface area contributed by atoms with E-state index in [9.17, 15) is 8.42 Å². The highest BCUT2D eigenvalue weighted by Gasteiger charge is 2.18. The Hall–Kier alpha value is -1.31. The van der Waals surface area contributed by atoms with Crippen LogP contribution in [0.2, 0.25) is 0 Å². The Labute approximate surface area is 110 Å². The molecule has 0 atom stereocenters. The van der Waals surface area contributed by atoms with Crippen molar-refractivity contribution in [2.75, 3.05) is 11.3 Å². The van der Waals surface area contributed by atoms with E-state index in [2.05, 4.69) is 10.0 Å². The summed E-state index contributed by atoms with van der Waals surface area (Å²) in [5.41, 5.74) is 0.546. The van der Waals surface area contributed by atoms with Crippen molar-refractivity contribution in [2.45, 2.75) is 18.6 Å². The zero-order valence-corrected chi connectivity index (χ0v) is 11.5. The van der Waals surface area contributed by atoms with E-state index in [0.717, 1.165) is 6.54 Å². The number of hydrogen-bond donors (Lipinski definition) is 2. The maximum absolute atomic E-state index is 12.0. The second kappa shape index (κ2) is 5.55. The van der Waals surface area contributed by atoms with Crippen molar-refractivity contribution in [3.63, 3.8) is 0 Å². The largest absolute Gasteiger partial charge is 0.446 e. The molecule has 0 fully saturated rings. The van der Waals surface area contributed by atoms with E-state index in [-0.39, 0.29) is 5.09 Å². The van der Waals surface area contributed by atoms with Gasteiger partial charge >= 0.3 is 0 Å². The molecule has 2 heterocycles. The van der Waals surface area contributed by atoms with Crippen LogP contribution in [-0.2, 0) is 16.6 Å². The first-order chi connectivity index (χ1) is 8.62. The average Bonchev–Trinajstić information content (AvgIpc) is 2.96. The van der Waals surface area contributed by atoms with Crippen molar-refractivity contribution in [3.05, 3.63) is 34.7 Å². The van der Waals surface area contributed by atoms with E-state index in [1.165, 1.54) is 17.4 Å². The van der Waals surface area contributed by atoms with Gasteiger partial charge in [0.15, 0.2) is 0 Å². The fourth-order valence-corrected chi connectivity index (χ4v) is 3.04. The van der Waals surface area contributed by atoms with Gasteiger partial charge < -0.3 is 9.73 Å². The Balaban J connectivity index is 2.12. The predicted octanol–water partition coefficient (Wildman–Crippen LogP) is 2.25. The number of anilines is 1. The molecule has 5 nitrogen and oxygen atoms in total. The van der Waals surface area contributed by atoms with E-state index in [1.54, 1.807) is 22.9 Å². The second-order valence-corrected chi connectivity index (χ2v) is 6.01. The van der Waals surface area contributed by atoms with Crippen molar-refractivity contribution in [3.8, 4) is 0 Å².